The van der Waals surface area contributed by atoms with Gasteiger partial charge in [-0.3, -0.25) is 9.71 Å². The third kappa shape index (κ3) is 5.24. The van der Waals surface area contributed by atoms with E-state index in [2.05, 4.69) is 25.0 Å². The number of guanidine groups is 2. The van der Waals surface area contributed by atoms with Crippen molar-refractivity contribution in [3.05, 3.63) is 23.3 Å². The number of sulfonamides is 1. The van der Waals surface area contributed by atoms with Crippen molar-refractivity contribution < 1.29 is 12.8 Å². The minimum absolute atomic E-state index is 0.0648. The summed E-state index contributed by atoms with van der Waals surface area (Å²) < 4.78 is 30.3. The Morgan fingerprint density at radius 2 is 2.17 bits per heavy atom. The van der Waals surface area contributed by atoms with Crippen molar-refractivity contribution in [1.29, 1.82) is 0 Å². The van der Waals surface area contributed by atoms with Gasteiger partial charge in [-0.1, -0.05) is 0 Å². The molecule has 2 aromatic heterocycles. The van der Waals surface area contributed by atoms with Crippen molar-refractivity contribution in [3.8, 4) is 11.5 Å². The van der Waals surface area contributed by atoms with Crippen LogP contribution in [0, 0.1) is 0 Å². The van der Waals surface area contributed by atoms with Gasteiger partial charge in [0.15, 0.2) is 11.7 Å². The molecule has 0 atom stereocenters. The van der Waals surface area contributed by atoms with Gasteiger partial charge >= 0.3 is 0 Å². The summed E-state index contributed by atoms with van der Waals surface area (Å²) in [6.45, 7) is 0.250. The molecule has 0 aliphatic heterocycles. The summed E-state index contributed by atoms with van der Waals surface area (Å²) in [5, 5.41) is 5.03. The van der Waals surface area contributed by atoms with E-state index in [1.165, 1.54) is 18.4 Å². The number of aromatic nitrogens is 1. The molecule has 0 radical (unpaired) electrons. The van der Waals surface area contributed by atoms with Crippen LogP contribution in [0.1, 0.15) is 5.76 Å². The van der Waals surface area contributed by atoms with E-state index in [1.807, 2.05) is 0 Å². The number of furan rings is 1. The van der Waals surface area contributed by atoms with Gasteiger partial charge in [0.2, 0.25) is 21.1 Å². The Hall–Kier alpha value is -2.60. The first kappa shape index (κ1) is 17.7. The van der Waals surface area contributed by atoms with Gasteiger partial charge in [-0.25, -0.2) is 13.4 Å². The van der Waals surface area contributed by atoms with Crippen LogP contribution in [0.5, 0.6) is 0 Å². The number of nitrogens with zero attached hydrogens (tertiary/aromatic N) is 3. The molecule has 2 rings (SSSR count). The Balaban J connectivity index is 2.03. The molecule has 0 aromatic carbocycles. The zero-order valence-corrected chi connectivity index (χ0v) is 14.6. The van der Waals surface area contributed by atoms with E-state index in [9.17, 15) is 8.42 Å². The van der Waals surface area contributed by atoms with Crippen molar-refractivity contribution in [2.45, 2.75) is 6.54 Å². The normalized spacial score (nSPS) is 12.0. The van der Waals surface area contributed by atoms with Gasteiger partial charge in [0.25, 0.3) is 0 Å². The van der Waals surface area contributed by atoms with Gasteiger partial charge in [-0.2, -0.15) is 4.99 Å². The van der Waals surface area contributed by atoms with Crippen molar-refractivity contribution >= 4 is 38.4 Å². The van der Waals surface area contributed by atoms with E-state index in [0.29, 0.717) is 22.3 Å². The number of nitrogens with one attached hydrogen (secondary N) is 2. The first-order valence-electron chi connectivity index (χ1n) is 6.59. The van der Waals surface area contributed by atoms with Crippen molar-refractivity contribution in [2.75, 3.05) is 13.3 Å². The first-order chi connectivity index (χ1) is 11.3. The lowest BCUT2D eigenvalue weighted by atomic mass is 10.3. The average Bonchev–Trinajstić information content (AvgIpc) is 3.10. The third-order valence-corrected chi connectivity index (χ3v) is 3.87. The van der Waals surface area contributed by atoms with E-state index in [4.69, 9.17) is 15.9 Å². The van der Waals surface area contributed by atoms with Gasteiger partial charge in [0, 0.05) is 12.4 Å². The molecule has 0 bridgehead atoms. The monoisotopic (exact) mass is 371 g/mol. The van der Waals surface area contributed by atoms with Crippen molar-refractivity contribution in [3.63, 3.8) is 0 Å². The highest BCUT2D eigenvalue weighted by atomic mass is 32.2. The molecule has 0 saturated heterocycles. The molecule has 10 nitrogen and oxygen atoms in total. The van der Waals surface area contributed by atoms with E-state index in [0.717, 1.165) is 6.26 Å². The van der Waals surface area contributed by atoms with Gasteiger partial charge in [0.1, 0.15) is 11.5 Å². The maximum absolute atomic E-state index is 11.2. The van der Waals surface area contributed by atoms with Crippen LogP contribution in [-0.4, -0.2) is 38.6 Å². The predicted octanol–water partition coefficient (Wildman–Crippen LogP) is -0.0674. The van der Waals surface area contributed by atoms with E-state index >= 15 is 0 Å². The maximum Gasteiger partial charge on any atom is 0.232 e. The topological polar surface area (TPSA) is 161 Å². The highest BCUT2D eigenvalue weighted by Gasteiger charge is 2.11. The number of nitrogens with two attached hydrogens (primary N) is 2. The number of hydrogen-bond donors (Lipinski definition) is 4. The second kappa shape index (κ2) is 7.31. The fraction of sp³-hybridized carbons (Fsp3) is 0.250. The van der Waals surface area contributed by atoms with E-state index < -0.39 is 10.0 Å². The Kier molecular flexibility index (Phi) is 5.41. The molecule has 6 N–H and O–H groups in total. The van der Waals surface area contributed by atoms with Crippen LogP contribution < -0.4 is 21.5 Å². The lowest BCUT2D eigenvalue weighted by Crippen LogP contribution is -2.39. The maximum atomic E-state index is 11.2. The van der Waals surface area contributed by atoms with Crippen LogP contribution >= 0.6 is 11.3 Å². The van der Waals surface area contributed by atoms with Crippen LogP contribution in [0.2, 0.25) is 0 Å². The second-order valence-corrected chi connectivity index (χ2v) is 7.20. The van der Waals surface area contributed by atoms with Gasteiger partial charge in [-0.15, -0.1) is 11.3 Å². The summed E-state index contributed by atoms with van der Waals surface area (Å²) >= 11 is 1.28. The molecule has 0 fully saturated rings. The quantitative estimate of drug-likeness (QED) is 0.422. The summed E-state index contributed by atoms with van der Waals surface area (Å²) in [5.74, 6) is 1.19. The van der Waals surface area contributed by atoms with Crippen molar-refractivity contribution in [1.82, 2.24) is 15.0 Å². The molecule has 130 valence electrons. The van der Waals surface area contributed by atoms with Crippen LogP contribution in [0.15, 0.2) is 31.9 Å². The van der Waals surface area contributed by atoms with Crippen molar-refractivity contribution in [2.24, 2.45) is 21.5 Å². The molecule has 0 aliphatic carbocycles. The minimum atomic E-state index is -3.40. The Labute approximate surface area is 142 Å². The van der Waals surface area contributed by atoms with Gasteiger partial charge < -0.3 is 21.2 Å². The van der Waals surface area contributed by atoms with Gasteiger partial charge in [-0.05, 0) is 12.1 Å². The molecule has 2 aromatic rings. The molecule has 0 spiro atoms. The van der Waals surface area contributed by atoms with Gasteiger partial charge in [0.05, 0.1) is 12.8 Å². The fourth-order valence-electron chi connectivity index (χ4n) is 1.66. The summed E-state index contributed by atoms with van der Waals surface area (Å²) in [4.78, 5) is 11.9. The van der Waals surface area contributed by atoms with E-state index in [-0.39, 0.29) is 18.5 Å². The SMILES string of the molecule is CN=C(NCc1ccc(-c2csc(N=C(N)N)n2)o1)NS(C)(=O)=O. The number of hydrogen-bond acceptors (Lipinski definition) is 7. The number of aliphatic imine (C=N–C) groups is 2. The number of rotatable bonds is 5. The van der Waals surface area contributed by atoms with Crippen LogP contribution in [0.25, 0.3) is 11.5 Å². The average molecular weight is 371 g/mol. The van der Waals surface area contributed by atoms with Crippen LogP contribution in [-0.2, 0) is 16.6 Å². The molecule has 0 amide bonds. The Morgan fingerprint density at radius 3 is 2.79 bits per heavy atom. The molecule has 0 aliphatic rings. The van der Waals surface area contributed by atoms with Crippen LogP contribution in [0.4, 0.5) is 5.13 Å². The lowest BCUT2D eigenvalue weighted by Gasteiger charge is -2.08. The zero-order valence-electron chi connectivity index (χ0n) is 13.0. The fourth-order valence-corrected chi connectivity index (χ4v) is 2.87. The number of thiazole rings is 1. The molecular weight excluding hydrogens is 354 g/mol. The third-order valence-electron chi connectivity index (χ3n) is 2.57. The Morgan fingerprint density at radius 1 is 1.42 bits per heavy atom. The molecule has 0 unspecified atom stereocenters. The van der Waals surface area contributed by atoms with E-state index in [1.54, 1.807) is 17.5 Å². The summed E-state index contributed by atoms with van der Waals surface area (Å²) in [6.07, 6.45) is 1.04. The molecule has 0 saturated carbocycles. The minimum Gasteiger partial charge on any atom is -0.458 e. The molecule has 2 heterocycles. The highest BCUT2D eigenvalue weighted by Crippen LogP contribution is 2.27. The zero-order chi connectivity index (χ0) is 17.7. The standard InChI is InChI=1S/C12H17N7O3S2/c1-15-11(19-24(2,20)21)16-5-7-3-4-9(22-7)8-6-23-12(17-8)18-10(13)14/h3-4,6H,5H2,1-2H3,(H2,15,16,19)(H4,13,14,17,18). The second-order valence-electron chi connectivity index (χ2n) is 4.62. The first-order valence-corrected chi connectivity index (χ1v) is 9.36. The highest BCUT2D eigenvalue weighted by molar-refractivity contribution is 7.89. The predicted molar refractivity (Wildman–Crippen MR) is 93.5 cm³/mol. The summed E-state index contributed by atoms with van der Waals surface area (Å²) in [7, 11) is -1.93. The summed E-state index contributed by atoms with van der Waals surface area (Å²) in [5.41, 5.74) is 11.2. The largest absolute Gasteiger partial charge is 0.458 e. The van der Waals surface area contributed by atoms with Crippen LogP contribution in [0.3, 0.4) is 0 Å². The summed E-state index contributed by atoms with van der Waals surface area (Å²) in [6, 6.07) is 3.49. The lowest BCUT2D eigenvalue weighted by molar-refractivity contribution is 0.513. The Bertz CT molecular complexity index is 863. The molecular formula is C12H17N7O3S2. The molecule has 12 heteroatoms. The molecule has 24 heavy (non-hydrogen) atoms. The smallest absolute Gasteiger partial charge is 0.232 e.